The maximum Gasteiger partial charge on any atom is 0.224 e. The minimum Gasteiger partial charge on any atom is -0.349 e. The molecule has 0 fully saturated rings. The van der Waals surface area contributed by atoms with E-state index in [0.29, 0.717) is 6.42 Å². The van der Waals surface area contributed by atoms with Crippen LogP contribution in [0, 0.1) is 6.92 Å². The van der Waals surface area contributed by atoms with Crippen molar-refractivity contribution in [2.24, 2.45) is 0 Å². The lowest BCUT2D eigenvalue weighted by Crippen LogP contribution is -2.28. The number of hydrogen-bond acceptors (Lipinski definition) is 2. The van der Waals surface area contributed by atoms with Crippen molar-refractivity contribution in [3.63, 3.8) is 0 Å². The van der Waals surface area contributed by atoms with Gasteiger partial charge in [0.1, 0.15) is 0 Å². The Morgan fingerprint density at radius 2 is 1.80 bits per heavy atom. The summed E-state index contributed by atoms with van der Waals surface area (Å²) < 4.78 is 0. The van der Waals surface area contributed by atoms with Gasteiger partial charge in [-0.25, -0.2) is 0 Å². The first-order valence-electron chi connectivity index (χ1n) is 6.69. The van der Waals surface area contributed by atoms with Gasteiger partial charge in [0.15, 0.2) is 0 Å². The SMILES string of the molecule is Cc1ccccc1C(C)NC(=O)Cc1ccc(S)cc1. The Hall–Kier alpha value is -1.74. The molecule has 20 heavy (non-hydrogen) atoms. The van der Waals surface area contributed by atoms with Crippen LogP contribution in [0.1, 0.15) is 29.7 Å². The molecule has 1 atom stereocenters. The molecule has 0 aromatic heterocycles. The summed E-state index contributed by atoms with van der Waals surface area (Å²) in [6.07, 6.45) is 0.393. The van der Waals surface area contributed by atoms with E-state index < -0.39 is 0 Å². The quantitative estimate of drug-likeness (QED) is 0.824. The predicted octanol–water partition coefficient (Wildman–Crippen LogP) is 3.70. The zero-order valence-electron chi connectivity index (χ0n) is 11.8. The number of amides is 1. The topological polar surface area (TPSA) is 29.1 Å². The Labute approximate surface area is 125 Å². The summed E-state index contributed by atoms with van der Waals surface area (Å²) in [5.74, 6) is 0.0349. The molecule has 0 aliphatic carbocycles. The third-order valence-corrected chi connectivity index (χ3v) is 3.63. The van der Waals surface area contributed by atoms with E-state index >= 15 is 0 Å². The van der Waals surface area contributed by atoms with Crippen LogP contribution in [0.3, 0.4) is 0 Å². The normalized spacial score (nSPS) is 11.9. The fraction of sp³-hybridized carbons (Fsp3) is 0.235. The number of carbonyl (C=O) groups excluding carboxylic acids is 1. The van der Waals surface area contributed by atoms with Crippen molar-refractivity contribution in [2.45, 2.75) is 31.2 Å². The molecule has 2 aromatic carbocycles. The molecule has 0 spiro atoms. The first-order valence-corrected chi connectivity index (χ1v) is 7.14. The summed E-state index contributed by atoms with van der Waals surface area (Å²) >= 11 is 4.24. The Kier molecular flexibility index (Phi) is 4.85. The first-order chi connectivity index (χ1) is 9.56. The largest absolute Gasteiger partial charge is 0.349 e. The standard InChI is InChI=1S/C17H19NOS/c1-12-5-3-4-6-16(12)13(2)18-17(19)11-14-7-9-15(20)10-8-14/h3-10,13,20H,11H2,1-2H3,(H,18,19). The summed E-state index contributed by atoms with van der Waals surface area (Å²) in [4.78, 5) is 13.0. The monoisotopic (exact) mass is 285 g/mol. The van der Waals surface area contributed by atoms with E-state index in [2.05, 4.69) is 37.0 Å². The lowest BCUT2D eigenvalue weighted by molar-refractivity contribution is -0.121. The smallest absolute Gasteiger partial charge is 0.224 e. The van der Waals surface area contributed by atoms with Crippen molar-refractivity contribution in [1.29, 1.82) is 0 Å². The Balaban J connectivity index is 1.98. The number of carbonyl (C=O) groups is 1. The van der Waals surface area contributed by atoms with Crippen LogP contribution >= 0.6 is 12.6 Å². The molecule has 1 amide bonds. The molecule has 0 saturated carbocycles. The van der Waals surface area contributed by atoms with E-state index in [1.807, 2.05) is 43.3 Å². The number of aryl methyl sites for hydroxylation is 1. The molecule has 2 aromatic rings. The van der Waals surface area contributed by atoms with E-state index in [-0.39, 0.29) is 11.9 Å². The molecule has 104 valence electrons. The van der Waals surface area contributed by atoms with Gasteiger partial charge in [-0.1, -0.05) is 36.4 Å². The highest BCUT2D eigenvalue weighted by atomic mass is 32.1. The van der Waals surface area contributed by atoms with Gasteiger partial charge in [0.05, 0.1) is 12.5 Å². The van der Waals surface area contributed by atoms with E-state index in [4.69, 9.17) is 0 Å². The average molecular weight is 285 g/mol. The van der Waals surface area contributed by atoms with E-state index in [1.165, 1.54) is 5.56 Å². The minimum atomic E-state index is 0.0212. The lowest BCUT2D eigenvalue weighted by Gasteiger charge is -2.16. The predicted molar refractivity (Wildman–Crippen MR) is 85.1 cm³/mol. The zero-order valence-corrected chi connectivity index (χ0v) is 12.7. The fourth-order valence-electron chi connectivity index (χ4n) is 2.24. The number of thiol groups is 1. The molecule has 1 N–H and O–H groups in total. The van der Waals surface area contributed by atoms with Crippen LogP contribution in [0.5, 0.6) is 0 Å². The van der Waals surface area contributed by atoms with Gasteiger partial charge < -0.3 is 5.32 Å². The summed E-state index contributed by atoms with van der Waals surface area (Å²) in [6, 6.07) is 15.8. The Morgan fingerprint density at radius 1 is 1.15 bits per heavy atom. The highest BCUT2D eigenvalue weighted by molar-refractivity contribution is 7.80. The van der Waals surface area contributed by atoms with E-state index in [9.17, 15) is 4.79 Å². The van der Waals surface area contributed by atoms with Gasteiger partial charge in [-0.2, -0.15) is 0 Å². The van der Waals surface area contributed by atoms with Crippen LogP contribution in [0.25, 0.3) is 0 Å². The summed E-state index contributed by atoms with van der Waals surface area (Å²) in [6.45, 7) is 4.07. The zero-order chi connectivity index (χ0) is 14.5. The minimum absolute atomic E-state index is 0.0212. The van der Waals surface area contributed by atoms with Crippen LogP contribution in [0.15, 0.2) is 53.4 Å². The molecular formula is C17H19NOS. The third-order valence-electron chi connectivity index (χ3n) is 3.33. The maximum atomic E-state index is 12.1. The van der Waals surface area contributed by atoms with Crippen LogP contribution in [-0.4, -0.2) is 5.91 Å². The molecule has 3 heteroatoms. The number of hydrogen-bond donors (Lipinski definition) is 2. The van der Waals surface area contributed by atoms with Crippen molar-refractivity contribution < 1.29 is 4.79 Å². The van der Waals surface area contributed by atoms with Gasteiger partial charge in [-0.15, -0.1) is 12.6 Å². The number of rotatable bonds is 4. The third kappa shape index (κ3) is 3.87. The van der Waals surface area contributed by atoms with Crippen LogP contribution in [0.2, 0.25) is 0 Å². The van der Waals surface area contributed by atoms with Crippen LogP contribution < -0.4 is 5.32 Å². The van der Waals surface area contributed by atoms with Crippen LogP contribution in [-0.2, 0) is 11.2 Å². The van der Waals surface area contributed by atoms with Crippen molar-refractivity contribution in [3.05, 3.63) is 65.2 Å². The van der Waals surface area contributed by atoms with Gasteiger partial charge in [0.2, 0.25) is 5.91 Å². The molecule has 2 rings (SSSR count). The van der Waals surface area contributed by atoms with Gasteiger partial charge in [-0.05, 0) is 42.7 Å². The molecular weight excluding hydrogens is 266 g/mol. The molecule has 0 bridgehead atoms. The summed E-state index contributed by atoms with van der Waals surface area (Å²) in [7, 11) is 0. The van der Waals surface area contributed by atoms with Gasteiger partial charge in [0, 0.05) is 4.90 Å². The Morgan fingerprint density at radius 3 is 2.45 bits per heavy atom. The average Bonchev–Trinajstić information content (AvgIpc) is 2.41. The lowest BCUT2D eigenvalue weighted by atomic mass is 10.0. The van der Waals surface area contributed by atoms with Gasteiger partial charge in [-0.3, -0.25) is 4.79 Å². The van der Waals surface area contributed by atoms with Gasteiger partial charge >= 0.3 is 0 Å². The first kappa shape index (κ1) is 14.7. The van der Waals surface area contributed by atoms with Crippen molar-refractivity contribution in [3.8, 4) is 0 Å². The molecule has 0 heterocycles. The maximum absolute atomic E-state index is 12.1. The second-order valence-electron chi connectivity index (χ2n) is 4.99. The number of nitrogens with one attached hydrogen (secondary N) is 1. The van der Waals surface area contributed by atoms with Crippen molar-refractivity contribution in [1.82, 2.24) is 5.32 Å². The molecule has 0 saturated heterocycles. The molecule has 1 unspecified atom stereocenters. The highest BCUT2D eigenvalue weighted by Gasteiger charge is 2.11. The van der Waals surface area contributed by atoms with E-state index in [0.717, 1.165) is 16.0 Å². The van der Waals surface area contributed by atoms with Crippen molar-refractivity contribution >= 4 is 18.5 Å². The van der Waals surface area contributed by atoms with E-state index in [1.54, 1.807) is 0 Å². The summed E-state index contributed by atoms with van der Waals surface area (Å²) in [5.41, 5.74) is 3.35. The molecule has 2 nitrogen and oxygen atoms in total. The second-order valence-corrected chi connectivity index (χ2v) is 5.51. The molecule has 0 aliphatic heterocycles. The van der Waals surface area contributed by atoms with Gasteiger partial charge in [0.25, 0.3) is 0 Å². The van der Waals surface area contributed by atoms with Crippen LogP contribution in [0.4, 0.5) is 0 Å². The highest BCUT2D eigenvalue weighted by Crippen LogP contribution is 2.17. The van der Waals surface area contributed by atoms with Crippen molar-refractivity contribution in [2.75, 3.05) is 0 Å². The molecule has 0 aliphatic rings. The Bertz CT molecular complexity index is 592. The summed E-state index contributed by atoms with van der Waals surface area (Å²) in [5, 5.41) is 3.04. The second kappa shape index (κ2) is 6.62. The fourth-order valence-corrected chi connectivity index (χ4v) is 2.39. The number of benzene rings is 2. The molecule has 0 radical (unpaired) electrons.